The van der Waals surface area contributed by atoms with Crippen molar-refractivity contribution in [3.8, 4) is 0 Å². The SMILES string of the molecule is CCOC(=O)CN1CCc2nccn21. The lowest BCUT2D eigenvalue weighted by atomic mass is 10.4. The molecule has 1 aromatic rings. The summed E-state index contributed by atoms with van der Waals surface area (Å²) in [4.78, 5) is 15.4. The van der Waals surface area contributed by atoms with Crippen LogP contribution < -0.4 is 5.01 Å². The Morgan fingerprint density at radius 3 is 3.36 bits per heavy atom. The molecule has 0 amide bonds. The summed E-state index contributed by atoms with van der Waals surface area (Å²) < 4.78 is 6.79. The van der Waals surface area contributed by atoms with Crippen molar-refractivity contribution in [3.05, 3.63) is 18.2 Å². The molecule has 0 spiro atoms. The summed E-state index contributed by atoms with van der Waals surface area (Å²) in [7, 11) is 0. The van der Waals surface area contributed by atoms with Crippen LogP contribution in [0.4, 0.5) is 0 Å². The number of carbonyl (C=O) groups is 1. The molecule has 76 valence electrons. The number of rotatable bonds is 3. The fourth-order valence-corrected chi connectivity index (χ4v) is 1.61. The average Bonchev–Trinajstić information content (AvgIpc) is 2.70. The van der Waals surface area contributed by atoms with E-state index in [9.17, 15) is 4.79 Å². The summed E-state index contributed by atoms with van der Waals surface area (Å²) in [5, 5.41) is 1.93. The van der Waals surface area contributed by atoms with E-state index in [0.29, 0.717) is 13.2 Å². The number of imidazole rings is 1. The normalized spacial score (nSPS) is 14.2. The van der Waals surface area contributed by atoms with E-state index in [1.165, 1.54) is 0 Å². The third-order valence-electron chi connectivity index (χ3n) is 2.21. The van der Waals surface area contributed by atoms with Gasteiger partial charge in [0.05, 0.1) is 6.61 Å². The molecule has 5 nitrogen and oxygen atoms in total. The van der Waals surface area contributed by atoms with Crippen LogP contribution in [0.5, 0.6) is 0 Å². The Kier molecular flexibility index (Phi) is 2.39. The van der Waals surface area contributed by atoms with Gasteiger partial charge in [0.1, 0.15) is 12.4 Å². The molecule has 0 atom stereocenters. The van der Waals surface area contributed by atoms with E-state index in [1.54, 1.807) is 6.20 Å². The molecule has 14 heavy (non-hydrogen) atoms. The highest BCUT2D eigenvalue weighted by Gasteiger charge is 2.20. The highest BCUT2D eigenvalue weighted by Crippen LogP contribution is 2.08. The number of aromatic nitrogens is 2. The molecule has 0 aromatic carbocycles. The second-order valence-electron chi connectivity index (χ2n) is 3.13. The number of carbonyl (C=O) groups excluding carboxylic acids is 1. The zero-order valence-corrected chi connectivity index (χ0v) is 8.14. The van der Waals surface area contributed by atoms with Crippen molar-refractivity contribution in [2.75, 3.05) is 24.7 Å². The third kappa shape index (κ3) is 1.57. The van der Waals surface area contributed by atoms with Crippen LogP contribution in [0.1, 0.15) is 12.7 Å². The molecule has 1 aromatic heterocycles. The zero-order valence-electron chi connectivity index (χ0n) is 8.14. The summed E-state index contributed by atoms with van der Waals surface area (Å²) in [6, 6.07) is 0. The van der Waals surface area contributed by atoms with Gasteiger partial charge in [-0.3, -0.25) is 9.80 Å². The van der Waals surface area contributed by atoms with Crippen molar-refractivity contribution in [2.45, 2.75) is 13.3 Å². The molecular formula is C9H13N3O2. The van der Waals surface area contributed by atoms with Crippen LogP contribution in [-0.4, -0.2) is 35.3 Å². The second-order valence-corrected chi connectivity index (χ2v) is 3.13. The van der Waals surface area contributed by atoms with E-state index in [0.717, 1.165) is 18.8 Å². The maximum absolute atomic E-state index is 11.2. The first-order valence-corrected chi connectivity index (χ1v) is 4.74. The minimum atomic E-state index is -0.186. The highest BCUT2D eigenvalue weighted by molar-refractivity contribution is 5.73. The van der Waals surface area contributed by atoms with Gasteiger partial charge < -0.3 is 4.74 Å². The third-order valence-corrected chi connectivity index (χ3v) is 2.21. The maximum Gasteiger partial charge on any atom is 0.327 e. The van der Waals surface area contributed by atoms with Gasteiger partial charge >= 0.3 is 5.97 Å². The topological polar surface area (TPSA) is 47.4 Å². The number of fused-ring (bicyclic) bond motifs is 1. The van der Waals surface area contributed by atoms with E-state index in [-0.39, 0.29) is 5.97 Å². The van der Waals surface area contributed by atoms with Gasteiger partial charge in [-0.05, 0) is 6.92 Å². The minimum Gasteiger partial charge on any atom is -0.465 e. The smallest absolute Gasteiger partial charge is 0.327 e. The molecule has 2 heterocycles. The van der Waals surface area contributed by atoms with Crippen LogP contribution >= 0.6 is 0 Å². The van der Waals surface area contributed by atoms with E-state index in [4.69, 9.17) is 4.74 Å². The van der Waals surface area contributed by atoms with Crippen molar-refractivity contribution in [1.29, 1.82) is 0 Å². The largest absolute Gasteiger partial charge is 0.465 e. The summed E-state index contributed by atoms with van der Waals surface area (Å²) in [5.41, 5.74) is 0. The molecule has 5 heteroatoms. The molecule has 1 aliphatic rings. The van der Waals surface area contributed by atoms with E-state index in [1.807, 2.05) is 22.8 Å². The lowest BCUT2D eigenvalue weighted by molar-refractivity contribution is -0.141. The maximum atomic E-state index is 11.2. The van der Waals surface area contributed by atoms with Crippen LogP contribution in [0.25, 0.3) is 0 Å². The number of ether oxygens (including phenoxy) is 1. The van der Waals surface area contributed by atoms with Crippen LogP contribution in [0.15, 0.2) is 12.4 Å². The van der Waals surface area contributed by atoms with Gasteiger partial charge in [0, 0.05) is 25.4 Å². The number of hydrogen-bond acceptors (Lipinski definition) is 4. The Bertz CT molecular complexity index is 335. The monoisotopic (exact) mass is 195 g/mol. The molecular weight excluding hydrogens is 182 g/mol. The number of nitrogens with zero attached hydrogens (tertiary/aromatic N) is 3. The predicted octanol–water partition coefficient (Wildman–Crippen LogP) is -0.0597. The summed E-state index contributed by atoms with van der Waals surface area (Å²) in [6.45, 7) is 3.38. The Hall–Kier alpha value is -1.52. The van der Waals surface area contributed by atoms with Gasteiger partial charge in [-0.25, -0.2) is 9.66 Å². The predicted molar refractivity (Wildman–Crippen MR) is 50.5 cm³/mol. The highest BCUT2D eigenvalue weighted by atomic mass is 16.5. The molecule has 0 aliphatic carbocycles. The lowest BCUT2D eigenvalue weighted by Crippen LogP contribution is -2.36. The number of hydrogen-bond donors (Lipinski definition) is 0. The molecule has 0 saturated heterocycles. The van der Waals surface area contributed by atoms with E-state index in [2.05, 4.69) is 4.98 Å². The van der Waals surface area contributed by atoms with Gasteiger partial charge in [-0.15, -0.1) is 0 Å². The first kappa shape index (κ1) is 9.05. The Morgan fingerprint density at radius 1 is 1.71 bits per heavy atom. The van der Waals surface area contributed by atoms with Gasteiger partial charge in [-0.2, -0.15) is 0 Å². The first-order chi connectivity index (χ1) is 6.81. The van der Waals surface area contributed by atoms with Crippen molar-refractivity contribution >= 4 is 5.97 Å². The summed E-state index contributed by atoms with van der Waals surface area (Å²) in [6.07, 6.45) is 4.50. The van der Waals surface area contributed by atoms with Crippen molar-refractivity contribution < 1.29 is 9.53 Å². The molecule has 0 radical (unpaired) electrons. The fourth-order valence-electron chi connectivity index (χ4n) is 1.61. The zero-order chi connectivity index (χ0) is 9.97. The average molecular weight is 195 g/mol. The quantitative estimate of drug-likeness (QED) is 0.634. The van der Waals surface area contributed by atoms with Crippen LogP contribution in [0, 0.1) is 0 Å². The molecule has 0 unspecified atom stereocenters. The molecule has 0 fully saturated rings. The minimum absolute atomic E-state index is 0.186. The first-order valence-electron chi connectivity index (χ1n) is 4.74. The van der Waals surface area contributed by atoms with Crippen LogP contribution in [0.2, 0.25) is 0 Å². The van der Waals surface area contributed by atoms with E-state index < -0.39 is 0 Å². The molecule has 1 aliphatic heterocycles. The van der Waals surface area contributed by atoms with Gasteiger partial charge in [0.15, 0.2) is 0 Å². The molecule has 0 N–H and O–H groups in total. The summed E-state index contributed by atoms with van der Waals surface area (Å²) in [5.74, 6) is 0.823. The fraction of sp³-hybridized carbons (Fsp3) is 0.556. The summed E-state index contributed by atoms with van der Waals surface area (Å²) >= 11 is 0. The van der Waals surface area contributed by atoms with Crippen molar-refractivity contribution in [1.82, 2.24) is 9.66 Å². The number of esters is 1. The standard InChI is InChI=1S/C9H13N3O2/c1-2-14-9(13)7-11-5-3-8-10-4-6-12(8)11/h4,6H,2-3,5,7H2,1H3. The van der Waals surface area contributed by atoms with Crippen LogP contribution in [0.3, 0.4) is 0 Å². The van der Waals surface area contributed by atoms with E-state index >= 15 is 0 Å². The molecule has 0 bridgehead atoms. The van der Waals surface area contributed by atoms with Crippen molar-refractivity contribution in [3.63, 3.8) is 0 Å². The lowest BCUT2D eigenvalue weighted by Gasteiger charge is -2.18. The van der Waals surface area contributed by atoms with Gasteiger partial charge in [0.2, 0.25) is 0 Å². The second kappa shape index (κ2) is 3.69. The Balaban J connectivity index is 1.98. The van der Waals surface area contributed by atoms with Crippen LogP contribution in [-0.2, 0) is 16.0 Å². The molecule has 2 rings (SSSR count). The Morgan fingerprint density at radius 2 is 2.57 bits per heavy atom. The van der Waals surface area contributed by atoms with Crippen molar-refractivity contribution in [2.24, 2.45) is 0 Å². The van der Waals surface area contributed by atoms with Gasteiger partial charge in [-0.1, -0.05) is 0 Å². The Labute approximate surface area is 82.3 Å². The molecule has 0 saturated carbocycles. The van der Waals surface area contributed by atoms with Gasteiger partial charge in [0.25, 0.3) is 0 Å².